The Balaban J connectivity index is 0.00000392. The van der Waals surface area contributed by atoms with E-state index in [9.17, 15) is 8.42 Å². The van der Waals surface area contributed by atoms with Crippen molar-refractivity contribution < 1.29 is 8.42 Å². The summed E-state index contributed by atoms with van der Waals surface area (Å²) in [4.78, 5) is 8.94. The molecule has 0 atom stereocenters. The third kappa shape index (κ3) is 8.89. The molecule has 1 aromatic rings. The van der Waals surface area contributed by atoms with Crippen LogP contribution >= 0.6 is 24.0 Å². The van der Waals surface area contributed by atoms with Crippen LogP contribution in [0.4, 0.5) is 0 Å². The molecule has 0 bridgehead atoms. The van der Waals surface area contributed by atoms with Crippen molar-refractivity contribution in [3.8, 4) is 0 Å². The largest absolute Gasteiger partial charge is 0.355 e. The van der Waals surface area contributed by atoms with Crippen molar-refractivity contribution in [1.82, 2.24) is 19.8 Å². The highest BCUT2D eigenvalue weighted by molar-refractivity contribution is 14.0. The fraction of sp³-hybridized carbons (Fsp3) is 0.526. The van der Waals surface area contributed by atoms with Crippen molar-refractivity contribution >= 4 is 46.0 Å². The number of hydrogen-bond donors (Lipinski definition) is 2. The molecule has 0 aromatic heterocycles. The lowest BCUT2D eigenvalue weighted by molar-refractivity contribution is 0.194. The van der Waals surface area contributed by atoms with Crippen LogP contribution in [-0.4, -0.2) is 82.8 Å². The number of hydrogen-bond acceptors (Lipinski definition) is 4. The maximum atomic E-state index is 11.4. The Morgan fingerprint density at radius 3 is 2.43 bits per heavy atom. The fourth-order valence-electron chi connectivity index (χ4n) is 2.86. The predicted octanol–water partition coefficient (Wildman–Crippen LogP) is 1.45. The zero-order valence-corrected chi connectivity index (χ0v) is 19.8. The van der Waals surface area contributed by atoms with Crippen molar-refractivity contribution in [3.63, 3.8) is 0 Å². The second-order valence-corrected chi connectivity index (χ2v) is 8.47. The predicted molar refractivity (Wildman–Crippen MR) is 128 cm³/mol. The lowest BCUT2D eigenvalue weighted by Gasteiger charge is -2.36. The van der Waals surface area contributed by atoms with Crippen molar-refractivity contribution in [3.05, 3.63) is 42.0 Å². The number of sulfonamides is 1. The molecule has 9 heteroatoms. The number of rotatable bonds is 8. The van der Waals surface area contributed by atoms with Gasteiger partial charge in [-0.3, -0.25) is 9.89 Å². The smallest absolute Gasteiger partial charge is 0.211 e. The topological polar surface area (TPSA) is 77.0 Å². The van der Waals surface area contributed by atoms with Crippen LogP contribution in [0.1, 0.15) is 12.5 Å². The van der Waals surface area contributed by atoms with Gasteiger partial charge in [0, 0.05) is 52.9 Å². The average molecular weight is 521 g/mol. The average Bonchev–Trinajstić information content (AvgIpc) is 2.70. The molecule has 0 aliphatic carbocycles. The first-order chi connectivity index (χ1) is 13.0. The summed E-state index contributed by atoms with van der Waals surface area (Å²) in [6.45, 7) is 7.20. The number of nitrogens with zero attached hydrogens (tertiary/aromatic N) is 3. The second kappa shape index (κ2) is 13.1. The summed E-state index contributed by atoms with van der Waals surface area (Å²) >= 11 is 0. The molecule has 2 rings (SSSR count). The highest BCUT2D eigenvalue weighted by atomic mass is 127. The summed E-state index contributed by atoms with van der Waals surface area (Å²) < 4.78 is 25.4. The number of piperazine rings is 1. The molecular formula is C19H32IN5O2S. The minimum Gasteiger partial charge on any atom is -0.355 e. The van der Waals surface area contributed by atoms with Crippen LogP contribution in [0.5, 0.6) is 0 Å². The summed E-state index contributed by atoms with van der Waals surface area (Å²) in [6, 6.07) is 10.3. The molecule has 2 N–H and O–H groups in total. The van der Waals surface area contributed by atoms with Gasteiger partial charge in [0.15, 0.2) is 5.96 Å². The molecule has 1 saturated heterocycles. The van der Waals surface area contributed by atoms with E-state index in [-0.39, 0.29) is 29.7 Å². The third-order valence-corrected chi connectivity index (χ3v) is 5.87. The van der Waals surface area contributed by atoms with E-state index in [1.54, 1.807) is 14.0 Å². The molecule has 0 spiro atoms. The fourth-order valence-corrected chi connectivity index (χ4v) is 3.48. The summed E-state index contributed by atoms with van der Waals surface area (Å²) in [6.07, 6.45) is 4.36. The number of aliphatic imine (C=N–C) groups is 1. The van der Waals surface area contributed by atoms with E-state index >= 15 is 0 Å². The van der Waals surface area contributed by atoms with Gasteiger partial charge in [-0.15, -0.1) is 24.0 Å². The lowest BCUT2D eigenvalue weighted by atomic mass is 10.2. The molecule has 1 aliphatic rings. The molecule has 7 nitrogen and oxygen atoms in total. The number of nitrogens with one attached hydrogen (secondary N) is 2. The normalized spacial score (nSPS) is 16.2. The zero-order valence-electron chi connectivity index (χ0n) is 16.7. The summed E-state index contributed by atoms with van der Waals surface area (Å²) in [5.41, 5.74) is 1.22. The van der Waals surface area contributed by atoms with E-state index in [0.29, 0.717) is 13.1 Å². The van der Waals surface area contributed by atoms with Gasteiger partial charge in [0.25, 0.3) is 0 Å². The van der Waals surface area contributed by atoms with Gasteiger partial charge >= 0.3 is 0 Å². The zero-order chi connectivity index (χ0) is 19.5. The Bertz CT molecular complexity index is 717. The standard InChI is InChI=1S/C19H31N5O2S.HI/c1-3-27(25,26)22-12-11-21-19(20-2)24-16-14-23(15-17-24)13-7-10-18-8-5-4-6-9-18;/h4-10,22H,3,11-17H2,1-2H3,(H,20,21);1H. The molecule has 28 heavy (non-hydrogen) atoms. The quantitative estimate of drug-likeness (QED) is 0.235. The van der Waals surface area contributed by atoms with Gasteiger partial charge in [0.1, 0.15) is 0 Å². The van der Waals surface area contributed by atoms with Gasteiger partial charge < -0.3 is 10.2 Å². The highest BCUT2D eigenvalue weighted by Crippen LogP contribution is 2.05. The van der Waals surface area contributed by atoms with Crippen LogP contribution in [0.15, 0.2) is 41.4 Å². The van der Waals surface area contributed by atoms with Gasteiger partial charge in [-0.2, -0.15) is 0 Å². The van der Waals surface area contributed by atoms with Crippen LogP contribution in [0.2, 0.25) is 0 Å². The Morgan fingerprint density at radius 1 is 1.14 bits per heavy atom. The van der Waals surface area contributed by atoms with E-state index in [1.165, 1.54) is 5.56 Å². The highest BCUT2D eigenvalue weighted by Gasteiger charge is 2.18. The molecule has 0 unspecified atom stereocenters. The van der Waals surface area contributed by atoms with E-state index in [4.69, 9.17) is 0 Å². The van der Waals surface area contributed by atoms with Gasteiger partial charge in [-0.25, -0.2) is 13.1 Å². The maximum Gasteiger partial charge on any atom is 0.211 e. The molecule has 0 amide bonds. The van der Waals surface area contributed by atoms with Crippen LogP contribution in [0.25, 0.3) is 6.08 Å². The Morgan fingerprint density at radius 2 is 1.82 bits per heavy atom. The molecule has 0 saturated carbocycles. The van der Waals surface area contributed by atoms with E-state index in [0.717, 1.165) is 38.7 Å². The summed E-state index contributed by atoms with van der Waals surface area (Å²) in [5.74, 6) is 0.924. The van der Waals surface area contributed by atoms with Crippen LogP contribution < -0.4 is 10.0 Å². The van der Waals surface area contributed by atoms with Crippen LogP contribution in [0, 0.1) is 0 Å². The minimum atomic E-state index is -3.14. The van der Waals surface area contributed by atoms with Crippen molar-refractivity contribution in [1.29, 1.82) is 0 Å². The first-order valence-electron chi connectivity index (χ1n) is 9.41. The summed E-state index contributed by atoms with van der Waals surface area (Å²) in [5, 5.41) is 3.23. The van der Waals surface area contributed by atoms with Gasteiger partial charge in [-0.1, -0.05) is 42.5 Å². The molecule has 0 radical (unpaired) electrons. The molecule has 1 fully saturated rings. The molecule has 158 valence electrons. The first-order valence-corrected chi connectivity index (χ1v) is 11.1. The Labute approximate surface area is 186 Å². The molecule has 1 aliphatic heterocycles. The number of halogens is 1. The second-order valence-electron chi connectivity index (χ2n) is 6.37. The Kier molecular flexibility index (Phi) is 11.7. The molecule has 1 heterocycles. The SMILES string of the molecule is CCS(=O)(=O)NCCNC(=NC)N1CCN(CC=Cc2ccccc2)CC1.I. The van der Waals surface area contributed by atoms with Gasteiger partial charge in [0.2, 0.25) is 10.0 Å². The molecular weight excluding hydrogens is 489 g/mol. The van der Waals surface area contributed by atoms with Gasteiger partial charge in [0.05, 0.1) is 5.75 Å². The Hall–Kier alpha value is -1.17. The monoisotopic (exact) mass is 521 g/mol. The van der Waals surface area contributed by atoms with Crippen molar-refractivity contribution in [2.45, 2.75) is 6.92 Å². The van der Waals surface area contributed by atoms with Crippen LogP contribution in [0.3, 0.4) is 0 Å². The van der Waals surface area contributed by atoms with Gasteiger partial charge in [-0.05, 0) is 12.5 Å². The minimum absolute atomic E-state index is 0. The summed E-state index contributed by atoms with van der Waals surface area (Å²) in [7, 11) is -1.38. The van der Waals surface area contributed by atoms with Crippen LogP contribution in [-0.2, 0) is 10.0 Å². The van der Waals surface area contributed by atoms with E-state index in [2.05, 4.69) is 49.1 Å². The maximum absolute atomic E-state index is 11.4. The van der Waals surface area contributed by atoms with E-state index in [1.807, 2.05) is 18.2 Å². The lowest BCUT2D eigenvalue weighted by Crippen LogP contribution is -2.53. The van der Waals surface area contributed by atoms with Crippen molar-refractivity contribution in [2.24, 2.45) is 4.99 Å². The third-order valence-electron chi connectivity index (χ3n) is 4.47. The number of benzene rings is 1. The molecule has 1 aromatic carbocycles. The van der Waals surface area contributed by atoms with Crippen molar-refractivity contribution in [2.75, 3.05) is 58.6 Å². The van der Waals surface area contributed by atoms with E-state index < -0.39 is 10.0 Å². The number of guanidine groups is 1. The first kappa shape index (κ1) is 24.9.